The predicted octanol–water partition coefficient (Wildman–Crippen LogP) is 1.81. The van der Waals surface area contributed by atoms with Crippen LogP contribution in [0.1, 0.15) is 11.1 Å². The van der Waals surface area contributed by atoms with E-state index in [2.05, 4.69) is 20.9 Å². The lowest BCUT2D eigenvalue weighted by molar-refractivity contribution is 0.606. The first-order chi connectivity index (χ1) is 5.70. The number of hydrogen-bond donors (Lipinski definition) is 1. The van der Waals surface area contributed by atoms with Crippen molar-refractivity contribution in [3.8, 4) is 0 Å². The van der Waals surface area contributed by atoms with E-state index in [1.54, 1.807) is 12.1 Å². The van der Waals surface area contributed by atoms with E-state index >= 15 is 0 Å². The summed E-state index contributed by atoms with van der Waals surface area (Å²) in [5.74, 6) is 0.174. The van der Waals surface area contributed by atoms with Crippen molar-refractivity contribution in [1.29, 1.82) is 0 Å². The fourth-order valence-corrected chi connectivity index (χ4v) is 1.61. The van der Waals surface area contributed by atoms with Crippen molar-refractivity contribution in [3.05, 3.63) is 33.5 Å². The molecule has 0 aliphatic carbocycles. The molecule has 62 valence electrons. The van der Waals surface area contributed by atoms with Crippen molar-refractivity contribution in [2.45, 2.75) is 6.54 Å². The van der Waals surface area contributed by atoms with Crippen LogP contribution in [-0.2, 0) is 6.54 Å². The molecule has 0 saturated heterocycles. The quantitative estimate of drug-likeness (QED) is 0.723. The lowest BCUT2D eigenvalue weighted by Gasteiger charge is -2.01. The van der Waals surface area contributed by atoms with Crippen LogP contribution in [0, 0.1) is 5.82 Å². The van der Waals surface area contributed by atoms with Crippen LogP contribution in [0.25, 0.3) is 0 Å². The highest BCUT2D eigenvalue weighted by Gasteiger charge is 2.18. The van der Waals surface area contributed by atoms with Crippen LogP contribution in [-0.4, -0.2) is 5.84 Å². The van der Waals surface area contributed by atoms with E-state index in [-0.39, 0.29) is 5.82 Å². The Morgan fingerprint density at radius 3 is 3.00 bits per heavy atom. The minimum Gasteiger partial charge on any atom is -0.383 e. The van der Waals surface area contributed by atoms with Crippen molar-refractivity contribution in [2.24, 2.45) is 10.7 Å². The van der Waals surface area contributed by atoms with Crippen LogP contribution in [0.2, 0.25) is 0 Å². The average molecular weight is 229 g/mol. The average Bonchev–Trinajstić information content (AvgIpc) is 2.41. The minimum atomic E-state index is -0.253. The number of rotatable bonds is 0. The van der Waals surface area contributed by atoms with Gasteiger partial charge in [-0.25, -0.2) is 4.39 Å². The summed E-state index contributed by atoms with van der Waals surface area (Å²) >= 11 is 3.10. The smallest absolute Gasteiger partial charge is 0.143 e. The first-order valence-electron chi connectivity index (χ1n) is 3.47. The molecule has 0 aromatic heterocycles. The first kappa shape index (κ1) is 7.73. The molecule has 2 N–H and O–H groups in total. The highest BCUT2D eigenvalue weighted by molar-refractivity contribution is 9.10. The van der Waals surface area contributed by atoms with E-state index < -0.39 is 0 Å². The minimum absolute atomic E-state index is 0.253. The second-order valence-corrected chi connectivity index (χ2v) is 3.44. The maximum atomic E-state index is 13.3. The van der Waals surface area contributed by atoms with Crippen LogP contribution in [0.5, 0.6) is 0 Å². The summed E-state index contributed by atoms with van der Waals surface area (Å²) in [5.41, 5.74) is 6.84. The van der Waals surface area contributed by atoms with Gasteiger partial charge < -0.3 is 5.73 Å². The van der Waals surface area contributed by atoms with Gasteiger partial charge in [0.1, 0.15) is 11.7 Å². The Morgan fingerprint density at radius 2 is 2.25 bits per heavy atom. The Morgan fingerprint density at radius 1 is 1.50 bits per heavy atom. The Bertz CT molecular complexity index is 374. The third kappa shape index (κ3) is 0.948. The molecule has 1 aromatic rings. The monoisotopic (exact) mass is 228 g/mol. The summed E-state index contributed by atoms with van der Waals surface area (Å²) in [6.45, 7) is 0.354. The molecule has 0 bridgehead atoms. The van der Waals surface area contributed by atoms with Gasteiger partial charge in [0.05, 0.1) is 11.0 Å². The Kier molecular flexibility index (Phi) is 1.65. The van der Waals surface area contributed by atoms with Gasteiger partial charge in [0.25, 0.3) is 0 Å². The lowest BCUT2D eigenvalue weighted by atomic mass is 10.1. The maximum absolute atomic E-state index is 13.3. The topological polar surface area (TPSA) is 38.4 Å². The fourth-order valence-electron chi connectivity index (χ4n) is 1.24. The number of nitrogens with two attached hydrogens (primary N) is 1. The number of halogens is 2. The van der Waals surface area contributed by atoms with Crippen molar-refractivity contribution in [2.75, 3.05) is 0 Å². The SMILES string of the molecule is NC1=NCc2c1ccc(Br)c2F. The molecule has 1 aliphatic heterocycles. The van der Waals surface area contributed by atoms with E-state index in [9.17, 15) is 4.39 Å². The van der Waals surface area contributed by atoms with E-state index in [1.807, 2.05) is 0 Å². The molecule has 0 fully saturated rings. The van der Waals surface area contributed by atoms with Gasteiger partial charge in [0.2, 0.25) is 0 Å². The fraction of sp³-hybridized carbons (Fsp3) is 0.125. The predicted molar refractivity (Wildman–Crippen MR) is 48.5 cm³/mol. The second-order valence-electron chi connectivity index (χ2n) is 2.59. The Hall–Kier alpha value is -0.900. The molecule has 12 heavy (non-hydrogen) atoms. The van der Waals surface area contributed by atoms with Crippen molar-refractivity contribution < 1.29 is 4.39 Å². The molecule has 0 spiro atoms. The van der Waals surface area contributed by atoms with E-state index in [1.165, 1.54) is 0 Å². The van der Waals surface area contributed by atoms with Gasteiger partial charge in [-0.1, -0.05) is 0 Å². The highest BCUT2D eigenvalue weighted by Crippen LogP contribution is 2.26. The summed E-state index contributed by atoms with van der Waals surface area (Å²) in [5, 5.41) is 0. The number of aliphatic imine (C=N–C) groups is 1. The van der Waals surface area contributed by atoms with E-state index in [0.717, 1.165) is 5.56 Å². The first-order valence-corrected chi connectivity index (χ1v) is 4.26. The van der Waals surface area contributed by atoms with Gasteiger partial charge in [-0.3, -0.25) is 4.99 Å². The highest BCUT2D eigenvalue weighted by atomic mass is 79.9. The molecule has 0 unspecified atom stereocenters. The van der Waals surface area contributed by atoms with Crippen LogP contribution in [0.4, 0.5) is 4.39 Å². The molecule has 0 amide bonds. The lowest BCUT2D eigenvalue weighted by Crippen LogP contribution is -2.10. The third-order valence-corrected chi connectivity index (χ3v) is 2.49. The molecular weight excluding hydrogens is 223 g/mol. The van der Waals surface area contributed by atoms with Gasteiger partial charge in [-0.05, 0) is 28.1 Å². The molecule has 2 rings (SSSR count). The number of fused-ring (bicyclic) bond motifs is 1. The third-order valence-electron chi connectivity index (χ3n) is 1.88. The number of amidine groups is 1. The second kappa shape index (κ2) is 2.55. The Labute approximate surface area is 77.4 Å². The maximum Gasteiger partial charge on any atom is 0.143 e. The summed E-state index contributed by atoms with van der Waals surface area (Å²) < 4.78 is 13.8. The standard InChI is InChI=1S/C8H6BrFN2/c9-6-2-1-4-5(7(6)10)3-12-8(4)11/h1-2H,3H2,(H2,11,12). The largest absolute Gasteiger partial charge is 0.383 e. The summed E-state index contributed by atoms with van der Waals surface area (Å²) in [7, 11) is 0. The molecule has 0 atom stereocenters. The van der Waals surface area contributed by atoms with Gasteiger partial charge in [0.15, 0.2) is 0 Å². The molecule has 1 aromatic carbocycles. The van der Waals surface area contributed by atoms with Crippen molar-refractivity contribution >= 4 is 21.8 Å². The molecule has 4 heteroatoms. The molecular formula is C8H6BrFN2. The van der Waals surface area contributed by atoms with Gasteiger partial charge >= 0.3 is 0 Å². The van der Waals surface area contributed by atoms with Crippen LogP contribution < -0.4 is 5.73 Å². The molecule has 2 nitrogen and oxygen atoms in total. The van der Waals surface area contributed by atoms with E-state index in [0.29, 0.717) is 22.4 Å². The zero-order valence-corrected chi connectivity index (χ0v) is 7.73. The summed E-state index contributed by atoms with van der Waals surface area (Å²) in [6.07, 6.45) is 0. The van der Waals surface area contributed by atoms with Gasteiger partial charge in [-0.15, -0.1) is 0 Å². The number of nitrogens with zero attached hydrogens (tertiary/aromatic N) is 1. The molecule has 1 aliphatic rings. The van der Waals surface area contributed by atoms with Crippen LogP contribution in [0.3, 0.4) is 0 Å². The number of hydrogen-bond acceptors (Lipinski definition) is 2. The summed E-state index contributed by atoms with van der Waals surface area (Å²) in [6, 6.07) is 3.41. The Balaban J connectivity index is 2.66. The number of benzene rings is 1. The molecule has 0 radical (unpaired) electrons. The van der Waals surface area contributed by atoms with Crippen molar-refractivity contribution in [3.63, 3.8) is 0 Å². The molecule has 0 saturated carbocycles. The van der Waals surface area contributed by atoms with Crippen molar-refractivity contribution in [1.82, 2.24) is 0 Å². The van der Waals surface area contributed by atoms with E-state index in [4.69, 9.17) is 5.73 Å². The summed E-state index contributed by atoms with van der Waals surface area (Å²) in [4.78, 5) is 3.94. The van der Waals surface area contributed by atoms with Gasteiger partial charge in [0, 0.05) is 11.1 Å². The normalized spacial score (nSPS) is 14.3. The zero-order chi connectivity index (χ0) is 8.72. The zero-order valence-electron chi connectivity index (χ0n) is 6.14. The van der Waals surface area contributed by atoms with Crippen LogP contribution in [0.15, 0.2) is 21.6 Å². The van der Waals surface area contributed by atoms with Gasteiger partial charge in [-0.2, -0.15) is 0 Å². The van der Waals surface area contributed by atoms with Crippen LogP contribution >= 0.6 is 15.9 Å². The molecule has 1 heterocycles.